The molecule has 0 aromatic rings. The van der Waals surface area contributed by atoms with Gasteiger partial charge in [-0.05, 0) is 81.0 Å². The fourth-order valence-corrected chi connectivity index (χ4v) is 8.27. The fraction of sp³-hybridized carbons (Fsp3) is 0.952. The number of aliphatic hydroxyl groups excluding tert-OH is 2. The molecule has 7 atom stereocenters. The van der Waals surface area contributed by atoms with Crippen LogP contribution in [-0.2, 0) is 9.53 Å². The van der Waals surface area contributed by atoms with E-state index in [1.807, 2.05) is 0 Å². The van der Waals surface area contributed by atoms with Crippen LogP contribution in [0.5, 0.6) is 0 Å². The van der Waals surface area contributed by atoms with Gasteiger partial charge >= 0.3 is 5.97 Å². The van der Waals surface area contributed by atoms with Gasteiger partial charge < -0.3 is 14.9 Å². The molecular weight excluding hydrogens is 316 g/mol. The number of esters is 1. The van der Waals surface area contributed by atoms with E-state index in [1.54, 1.807) is 0 Å². The van der Waals surface area contributed by atoms with Gasteiger partial charge in [-0.1, -0.05) is 13.3 Å². The summed E-state index contributed by atoms with van der Waals surface area (Å²) in [6, 6.07) is 0. The molecule has 4 fully saturated rings. The molecule has 0 saturated heterocycles. The zero-order valence-corrected chi connectivity index (χ0v) is 16.0. The predicted octanol–water partition coefficient (Wildman–Crippen LogP) is 3.30. The number of methoxy groups -OCH3 is 1. The molecule has 4 aliphatic carbocycles. The molecule has 1 spiro atoms. The standard InChI is InChI=1S/C21H34O4/c1-18-7-4-8-19(2,17(24)25-3)14(18)5-9-20-11-16(23)21(12-20,13-22)10-6-15(18)20/h14-16,22-23H,4-13H2,1-3H3/t14-,15?,16?,18+,19-,20-,21-/m1/s1. The third-order valence-corrected chi connectivity index (χ3v) is 9.35. The van der Waals surface area contributed by atoms with Gasteiger partial charge in [-0.3, -0.25) is 4.79 Å². The van der Waals surface area contributed by atoms with Crippen molar-refractivity contribution in [3.05, 3.63) is 0 Å². The molecule has 2 bridgehead atoms. The Balaban J connectivity index is 1.71. The molecule has 142 valence electrons. The summed E-state index contributed by atoms with van der Waals surface area (Å²) in [4.78, 5) is 12.7. The van der Waals surface area contributed by atoms with E-state index in [2.05, 4.69) is 13.8 Å². The number of hydrogen-bond donors (Lipinski definition) is 2. The van der Waals surface area contributed by atoms with Crippen molar-refractivity contribution in [2.45, 2.75) is 77.7 Å². The summed E-state index contributed by atoms with van der Waals surface area (Å²) in [5.74, 6) is 0.891. The van der Waals surface area contributed by atoms with Crippen molar-refractivity contribution in [2.24, 2.45) is 33.5 Å². The zero-order chi connectivity index (χ0) is 18.1. The highest BCUT2D eigenvalue weighted by Crippen LogP contribution is 2.73. The molecule has 4 saturated carbocycles. The second-order valence-corrected chi connectivity index (χ2v) is 10.2. The van der Waals surface area contributed by atoms with Gasteiger partial charge in [-0.2, -0.15) is 0 Å². The quantitative estimate of drug-likeness (QED) is 0.750. The molecule has 0 aromatic carbocycles. The Kier molecular flexibility index (Phi) is 3.88. The number of fused-ring (bicyclic) bond motifs is 3. The van der Waals surface area contributed by atoms with Crippen molar-refractivity contribution in [1.82, 2.24) is 0 Å². The van der Waals surface area contributed by atoms with Crippen molar-refractivity contribution in [3.8, 4) is 0 Å². The minimum Gasteiger partial charge on any atom is -0.469 e. The van der Waals surface area contributed by atoms with E-state index >= 15 is 0 Å². The second kappa shape index (κ2) is 5.45. The van der Waals surface area contributed by atoms with Gasteiger partial charge in [0.25, 0.3) is 0 Å². The molecule has 0 aromatic heterocycles. The molecule has 25 heavy (non-hydrogen) atoms. The van der Waals surface area contributed by atoms with E-state index in [1.165, 1.54) is 13.5 Å². The molecule has 4 aliphatic rings. The Hall–Kier alpha value is -0.610. The molecule has 0 radical (unpaired) electrons. The van der Waals surface area contributed by atoms with E-state index < -0.39 is 0 Å². The Labute approximate surface area is 151 Å². The van der Waals surface area contributed by atoms with Crippen molar-refractivity contribution < 1.29 is 19.7 Å². The van der Waals surface area contributed by atoms with Crippen LogP contribution in [0.3, 0.4) is 0 Å². The second-order valence-electron chi connectivity index (χ2n) is 10.2. The molecule has 2 N–H and O–H groups in total. The van der Waals surface area contributed by atoms with Crippen LogP contribution in [0.4, 0.5) is 0 Å². The molecule has 0 amide bonds. The molecule has 4 rings (SSSR count). The van der Waals surface area contributed by atoms with Crippen LogP contribution < -0.4 is 0 Å². The largest absolute Gasteiger partial charge is 0.469 e. The van der Waals surface area contributed by atoms with Gasteiger partial charge in [0.2, 0.25) is 0 Å². The summed E-state index contributed by atoms with van der Waals surface area (Å²) >= 11 is 0. The SMILES string of the molecule is COC(=O)[C@]1(C)CCC[C@]2(C)C3CC[C@]4(CO)C[C@@]3(CC[C@@H]12)CC4O. The Morgan fingerprint density at radius 3 is 2.52 bits per heavy atom. The van der Waals surface area contributed by atoms with Crippen LogP contribution in [0, 0.1) is 33.5 Å². The van der Waals surface area contributed by atoms with E-state index in [0.29, 0.717) is 11.8 Å². The highest BCUT2D eigenvalue weighted by Gasteiger charge is 2.68. The maximum Gasteiger partial charge on any atom is 0.311 e. The van der Waals surface area contributed by atoms with Gasteiger partial charge in [0, 0.05) is 5.41 Å². The number of carbonyl (C=O) groups is 1. The van der Waals surface area contributed by atoms with Crippen molar-refractivity contribution >= 4 is 5.97 Å². The summed E-state index contributed by atoms with van der Waals surface area (Å²) in [5, 5.41) is 20.7. The van der Waals surface area contributed by atoms with Gasteiger partial charge in [0.15, 0.2) is 0 Å². The topological polar surface area (TPSA) is 66.8 Å². The Morgan fingerprint density at radius 1 is 1.12 bits per heavy atom. The van der Waals surface area contributed by atoms with Crippen molar-refractivity contribution in [3.63, 3.8) is 0 Å². The minimum atomic E-state index is -0.369. The highest BCUT2D eigenvalue weighted by atomic mass is 16.5. The van der Waals surface area contributed by atoms with Gasteiger partial charge in [-0.25, -0.2) is 0 Å². The number of aliphatic hydroxyl groups is 2. The van der Waals surface area contributed by atoms with Crippen LogP contribution in [0.15, 0.2) is 0 Å². The van der Waals surface area contributed by atoms with E-state index in [9.17, 15) is 15.0 Å². The lowest BCUT2D eigenvalue weighted by Crippen LogP contribution is -2.59. The van der Waals surface area contributed by atoms with Gasteiger partial charge in [0.1, 0.15) is 0 Å². The van der Waals surface area contributed by atoms with Gasteiger partial charge in [-0.15, -0.1) is 0 Å². The summed E-state index contributed by atoms with van der Waals surface area (Å²) in [7, 11) is 1.52. The average molecular weight is 350 g/mol. The van der Waals surface area contributed by atoms with E-state index in [4.69, 9.17) is 4.74 Å². The minimum absolute atomic E-state index is 0.0358. The van der Waals surface area contributed by atoms with Crippen LogP contribution in [0.1, 0.15) is 71.6 Å². The van der Waals surface area contributed by atoms with Gasteiger partial charge in [0.05, 0.1) is 25.2 Å². The first-order valence-corrected chi connectivity index (χ1v) is 10.1. The third-order valence-electron chi connectivity index (χ3n) is 9.35. The summed E-state index contributed by atoms with van der Waals surface area (Å²) in [5.41, 5.74) is -0.322. The lowest BCUT2D eigenvalue weighted by atomic mass is 9.40. The zero-order valence-electron chi connectivity index (χ0n) is 16.0. The summed E-state index contributed by atoms with van der Waals surface area (Å²) < 4.78 is 5.22. The monoisotopic (exact) mass is 350 g/mol. The van der Waals surface area contributed by atoms with Crippen LogP contribution in [-0.4, -0.2) is 36.0 Å². The lowest BCUT2D eigenvalue weighted by Gasteiger charge is -2.64. The maximum absolute atomic E-state index is 12.7. The highest BCUT2D eigenvalue weighted by molar-refractivity contribution is 5.77. The third kappa shape index (κ3) is 2.10. The first-order chi connectivity index (χ1) is 11.8. The lowest BCUT2D eigenvalue weighted by molar-refractivity contribution is -0.186. The summed E-state index contributed by atoms with van der Waals surface area (Å²) in [6.07, 6.45) is 8.79. The number of carbonyl (C=O) groups excluding carboxylic acids is 1. The van der Waals surface area contributed by atoms with Crippen molar-refractivity contribution in [2.75, 3.05) is 13.7 Å². The number of ether oxygens (including phenoxy) is 1. The molecule has 0 aliphatic heterocycles. The van der Waals surface area contributed by atoms with Crippen LogP contribution >= 0.6 is 0 Å². The first kappa shape index (κ1) is 17.8. The molecular formula is C21H34O4. The summed E-state index contributed by atoms with van der Waals surface area (Å²) in [6.45, 7) is 4.66. The Bertz CT molecular complexity index is 576. The average Bonchev–Trinajstić information content (AvgIpc) is 2.79. The molecule has 2 unspecified atom stereocenters. The van der Waals surface area contributed by atoms with Crippen LogP contribution in [0.2, 0.25) is 0 Å². The van der Waals surface area contributed by atoms with Crippen LogP contribution in [0.25, 0.3) is 0 Å². The van der Waals surface area contributed by atoms with Crippen molar-refractivity contribution in [1.29, 1.82) is 0 Å². The first-order valence-electron chi connectivity index (χ1n) is 10.1. The molecule has 4 heteroatoms. The maximum atomic E-state index is 12.7. The number of hydrogen-bond acceptors (Lipinski definition) is 4. The predicted molar refractivity (Wildman–Crippen MR) is 94.7 cm³/mol. The smallest absolute Gasteiger partial charge is 0.311 e. The molecule has 0 heterocycles. The number of rotatable bonds is 2. The Morgan fingerprint density at radius 2 is 1.84 bits per heavy atom. The van der Waals surface area contributed by atoms with E-state index in [-0.39, 0.29) is 40.3 Å². The fourth-order valence-electron chi connectivity index (χ4n) is 8.27. The van der Waals surface area contributed by atoms with E-state index in [0.717, 1.165) is 51.4 Å². The normalized spacial score (nSPS) is 54.5. The molecule has 4 nitrogen and oxygen atoms in total.